The Labute approximate surface area is 126 Å². The van der Waals surface area contributed by atoms with Gasteiger partial charge in [-0.3, -0.25) is 4.79 Å². The molecule has 116 valence electrons. The number of amides is 1. The number of ether oxygens (including phenoxy) is 2. The van der Waals surface area contributed by atoms with Crippen molar-refractivity contribution in [3.63, 3.8) is 0 Å². The SMILES string of the molecule is CCOC[C@@H]1CCN(C(=O)c2cccnc2OC(C)C)C1. The molecule has 0 unspecified atom stereocenters. The van der Waals surface area contributed by atoms with Crippen LogP contribution in [0, 0.1) is 5.92 Å². The second-order valence-electron chi connectivity index (χ2n) is 5.59. The van der Waals surface area contributed by atoms with Crippen molar-refractivity contribution >= 4 is 5.91 Å². The third-order valence-corrected chi connectivity index (χ3v) is 3.48. The molecule has 1 aromatic rings. The van der Waals surface area contributed by atoms with Crippen LogP contribution in [-0.4, -0.2) is 48.2 Å². The summed E-state index contributed by atoms with van der Waals surface area (Å²) in [6.45, 7) is 8.81. The van der Waals surface area contributed by atoms with Crippen LogP contribution < -0.4 is 4.74 Å². The number of aromatic nitrogens is 1. The summed E-state index contributed by atoms with van der Waals surface area (Å²) in [4.78, 5) is 18.7. The van der Waals surface area contributed by atoms with Crippen LogP contribution in [0.1, 0.15) is 37.6 Å². The normalized spacial score (nSPS) is 18.3. The van der Waals surface area contributed by atoms with E-state index < -0.39 is 0 Å². The van der Waals surface area contributed by atoms with E-state index in [2.05, 4.69) is 4.98 Å². The summed E-state index contributed by atoms with van der Waals surface area (Å²) in [6, 6.07) is 3.55. The molecule has 2 heterocycles. The van der Waals surface area contributed by atoms with Gasteiger partial charge in [0.1, 0.15) is 5.56 Å². The maximum atomic E-state index is 12.6. The van der Waals surface area contributed by atoms with Crippen molar-refractivity contribution in [1.82, 2.24) is 9.88 Å². The van der Waals surface area contributed by atoms with E-state index in [1.54, 1.807) is 18.3 Å². The number of hydrogen-bond donors (Lipinski definition) is 0. The van der Waals surface area contributed by atoms with Gasteiger partial charge in [0, 0.05) is 31.8 Å². The molecule has 0 aliphatic carbocycles. The monoisotopic (exact) mass is 292 g/mol. The van der Waals surface area contributed by atoms with Gasteiger partial charge >= 0.3 is 0 Å². The standard InChI is InChI=1S/C16H24N2O3/c1-4-20-11-13-7-9-18(10-13)16(19)14-6-5-8-17-15(14)21-12(2)3/h5-6,8,12-13H,4,7,9-11H2,1-3H3/t13-/m1/s1. The van der Waals surface area contributed by atoms with E-state index in [0.29, 0.717) is 17.4 Å². The second-order valence-corrected chi connectivity index (χ2v) is 5.59. The van der Waals surface area contributed by atoms with Crippen molar-refractivity contribution < 1.29 is 14.3 Å². The smallest absolute Gasteiger partial charge is 0.259 e. The highest BCUT2D eigenvalue weighted by Gasteiger charge is 2.29. The van der Waals surface area contributed by atoms with Crippen LogP contribution in [0.3, 0.4) is 0 Å². The molecule has 0 N–H and O–H groups in total. The quantitative estimate of drug-likeness (QED) is 0.807. The van der Waals surface area contributed by atoms with Crippen molar-refractivity contribution in [2.45, 2.75) is 33.3 Å². The fourth-order valence-corrected chi connectivity index (χ4v) is 2.48. The summed E-state index contributed by atoms with van der Waals surface area (Å²) >= 11 is 0. The molecule has 1 amide bonds. The first-order chi connectivity index (χ1) is 10.1. The first-order valence-electron chi connectivity index (χ1n) is 7.60. The summed E-state index contributed by atoms with van der Waals surface area (Å²) in [5, 5.41) is 0. The molecule has 0 saturated carbocycles. The fraction of sp³-hybridized carbons (Fsp3) is 0.625. The number of carbonyl (C=O) groups is 1. The molecule has 1 saturated heterocycles. The molecule has 1 aliphatic rings. The molecular weight excluding hydrogens is 268 g/mol. The number of rotatable bonds is 6. The first kappa shape index (κ1) is 15.8. The maximum absolute atomic E-state index is 12.6. The van der Waals surface area contributed by atoms with Gasteiger partial charge in [0.15, 0.2) is 0 Å². The van der Waals surface area contributed by atoms with Crippen molar-refractivity contribution in [3.8, 4) is 5.88 Å². The van der Waals surface area contributed by atoms with E-state index in [9.17, 15) is 4.79 Å². The highest BCUT2D eigenvalue weighted by molar-refractivity contribution is 5.96. The summed E-state index contributed by atoms with van der Waals surface area (Å²) in [7, 11) is 0. The Balaban J connectivity index is 2.04. The molecule has 0 spiro atoms. The predicted molar refractivity (Wildman–Crippen MR) is 80.5 cm³/mol. The minimum Gasteiger partial charge on any atom is -0.474 e. The Morgan fingerprint density at radius 2 is 2.33 bits per heavy atom. The summed E-state index contributed by atoms with van der Waals surface area (Å²) in [5.74, 6) is 0.851. The second kappa shape index (κ2) is 7.41. The van der Waals surface area contributed by atoms with Crippen molar-refractivity contribution in [2.24, 2.45) is 5.92 Å². The first-order valence-corrected chi connectivity index (χ1v) is 7.60. The fourth-order valence-electron chi connectivity index (χ4n) is 2.48. The van der Waals surface area contributed by atoms with Gasteiger partial charge in [0.2, 0.25) is 5.88 Å². The van der Waals surface area contributed by atoms with Gasteiger partial charge in [-0.1, -0.05) is 0 Å². The minimum atomic E-state index is -0.00395. The van der Waals surface area contributed by atoms with Crippen molar-refractivity contribution in [3.05, 3.63) is 23.9 Å². The van der Waals surface area contributed by atoms with E-state index >= 15 is 0 Å². The van der Waals surface area contributed by atoms with Gasteiger partial charge in [0.25, 0.3) is 5.91 Å². The van der Waals surface area contributed by atoms with Gasteiger partial charge in [-0.15, -0.1) is 0 Å². The van der Waals surface area contributed by atoms with Crippen LogP contribution >= 0.6 is 0 Å². The van der Waals surface area contributed by atoms with Gasteiger partial charge < -0.3 is 14.4 Å². The third kappa shape index (κ3) is 4.17. The van der Waals surface area contributed by atoms with Crippen LogP contribution in [0.4, 0.5) is 0 Å². The maximum Gasteiger partial charge on any atom is 0.259 e. The number of nitrogens with zero attached hydrogens (tertiary/aromatic N) is 2. The molecule has 0 bridgehead atoms. The highest BCUT2D eigenvalue weighted by atomic mass is 16.5. The molecule has 5 heteroatoms. The summed E-state index contributed by atoms with van der Waals surface area (Å²) < 4.78 is 11.1. The predicted octanol–water partition coefficient (Wildman–Crippen LogP) is 2.37. The molecule has 1 aliphatic heterocycles. The molecule has 1 aromatic heterocycles. The Hall–Kier alpha value is -1.62. The molecule has 2 rings (SSSR count). The molecule has 0 aromatic carbocycles. The number of carbonyl (C=O) groups excluding carboxylic acids is 1. The highest BCUT2D eigenvalue weighted by Crippen LogP contribution is 2.23. The number of likely N-dealkylation sites (tertiary alicyclic amines) is 1. The lowest BCUT2D eigenvalue weighted by Gasteiger charge is -2.19. The minimum absolute atomic E-state index is 0.00208. The lowest BCUT2D eigenvalue weighted by atomic mass is 10.1. The summed E-state index contributed by atoms with van der Waals surface area (Å²) in [6.07, 6.45) is 2.64. The van der Waals surface area contributed by atoms with Gasteiger partial charge in [-0.05, 0) is 39.3 Å². The number of pyridine rings is 1. The van der Waals surface area contributed by atoms with Gasteiger partial charge in [-0.2, -0.15) is 0 Å². The van der Waals surface area contributed by atoms with E-state index in [1.807, 2.05) is 25.7 Å². The van der Waals surface area contributed by atoms with Crippen LogP contribution in [0.25, 0.3) is 0 Å². The average Bonchev–Trinajstić information content (AvgIpc) is 2.93. The Morgan fingerprint density at radius 1 is 1.52 bits per heavy atom. The Morgan fingerprint density at radius 3 is 3.05 bits per heavy atom. The zero-order chi connectivity index (χ0) is 15.2. The van der Waals surface area contributed by atoms with Crippen molar-refractivity contribution in [2.75, 3.05) is 26.3 Å². The van der Waals surface area contributed by atoms with Crippen molar-refractivity contribution in [1.29, 1.82) is 0 Å². The van der Waals surface area contributed by atoms with E-state index in [0.717, 1.165) is 32.7 Å². The van der Waals surface area contributed by atoms with Gasteiger partial charge in [-0.25, -0.2) is 4.98 Å². The largest absolute Gasteiger partial charge is 0.474 e. The van der Waals surface area contributed by atoms with Crippen LogP contribution in [0.5, 0.6) is 5.88 Å². The molecule has 5 nitrogen and oxygen atoms in total. The van der Waals surface area contributed by atoms with E-state index in [-0.39, 0.29) is 12.0 Å². The topological polar surface area (TPSA) is 51.7 Å². The van der Waals surface area contributed by atoms with Crippen LogP contribution in [0.15, 0.2) is 18.3 Å². The molecular formula is C16H24N2O3. The summed E-state index contributed by atoms with van der Waals surface area (Å²) in [5.41, 5.74) is 0.545. The lowest BCUT2D eigenvalue weighted by Crippen LogP contribution is -2.30. The number of hydrogen-bond acceptors (Lipinski definition) is 4. The van der Waals surface area contributed by atoms with E-state index in [4.69, 9.17) is 9.47 Å². The third-order valence-electron chi connectivity index (χ3n) is 3.48. The zero-order valence-electron chi connectivity index (χ0n) is 13.0. The average molecular weight is 292 g/mol. The molecule has 0 radical (unpaired) electrons. The Kier molecular flexibility index (Phi) is 5.56. The Bertz CT molecular complexity index is 476. The molecule has 1 fully saturated rings. The van der Waals surface area contributed by atoms with E-state index in [1.165, 1.54) is 0 Å². The zero-order valence-corrected chi connectivity index (χ0v) is 13.0. The van der Waals surface area contributed by atoms with Crippen LogP contribution in [-0.2, 0) is 4.74 Å². The van der Waals surface area contributed by atoms with Crippen LogP contribution in [0.2, 0.25) is 0 Å². The lowest BCUT2D eigenvalue weighted by molar-refractivity contribution is 0.0755. The molecule has 21 heavy (non-hydrogen) atoms. The molecule has 1 atom stereocenters. The van der Waals surface area contributed by atoms with Gasteiger partial charge in [0.05, 0.1) is 12.7 Å².